The summed E-state index contributed by atoms with van der Waals surface area (Å²) < 4.78 is 9.34. The number of carbonyl (C=O) groups is 1. The molecule has 0 atom stereocenters. The molecule has 0 bridgehead atoms. The first-order valence-electron chi connectivity index (χ1n) is 12.3. The van der Waals surface area contributed by atoms with Crippen molar-refractivity contribution in [2.24, 2.45) is 5.41 Å². The van der Waals surface area contributed by atoms with Gasteiger partial charge >= 0.3 is 5.97 Å². The molecule has 0 amide bonds. The van der Waals surface area contributed by atoms with Crippen molar-refractivity contribution in [3.05, 3.63) is 47.8 Å². The van der Waals surface area contributed by atoms with Crippen LogP contribution < -0.4 is 0 Å². The second-order valence-corrected chi connectivity index (χ2v) is 9.90. The van der Waals surface area contributed by atoms with Crippen molar-refractivity contribution in [2.45, 2.75) is 66.5 Å². The van der Waals surface area contributed by atoms with E-state index in [1.165, 1.54) is 17.7 Å². The minimum atomic E-state index is -0.171. The number of nitrogens with one attached hydrogen (secondary N) is 1. The molecule has 7 nitrogen and oxygen atoms in total. The van der Waals surface area contributed by atoms with Crippen molar-refractivity contribution >= 4 is 16.9 Å². The van der Waals surface area contributed by atoms with Crippen LogP contribution in [0.5, 0.6) is 0 Å². The van der Waals surface area contributed by atoms with Gasteiger partial charge in [0.15, 0.2) is 0 Å². The highest BCUT2D eigenvalue weighted by Gasteiger charge is 2.31. The Morgan fingerprint density at radius 2 is 2.09 bits per heavy atom. The molecule has 3 heterocycles. The fourth-order valence-corrected chi connectivity index (χ4v) is 5.15. The topological polar surface area (TPSA) is 77.7 Å². The molecule has 0 fully saturated rings. The van der Waals surface area contributed by atoms with E-state index in [1.807, 2.05) is 19.2 Å². The number of nitrogens with zero attached hydrogens (tertiary/aromatic N) is 4. The van der Waals surface area contributed by atoms with E-state index in [-0.39, 0.29) is 5.97 Å². The molecular formula is C27H33N5O2. The quantitative estimate of drug-likeness (QED) is 0.376. The molecule has 0 unspecified atom stereocenters. The third-order valence-electron chi connectivity index (χ3n) is 6.95. The van der Waals surface area contributed by atoms with Gasteiger partial charge in [0.2, 0.25) is 0 Å². The number of esters is 1. The lowest BCUT2D eigenvalue weighted by atomic mass is 9.76. The van der Waals surface area contributed by atoms with Gasteiger partial charge in [-0.1, -0.05) is 26.0 Å². The Morgan fingerprint density at radius 3 is 2.88 bits per heavy atom. The zero-order valence-electron chi connectivity index (χ0n) is 20.5. The Labute approximate surface area is 200 Å². The number of hydrogen-bond donors (Lipinski definition) is 1. The average Bonchev–Trinajstić information content (AvgIpc) is 3.53. The number of carbonyl (C=O) groups excluding carboxylic acids is 1. The third-order valence-corrected chi connectivity index (χ3v) is 6.95. The van der Waals surface area contributed by atoms with Gasteiger partial charge in [0, 0.05) is 47.0 Å². The Hall–Kier alpha value is -3.35. The number of benzene rings is 1. The molecule has 1 aromatic carbocycles. The smallest absolute Gasteiger partial charge is 0.307 e. The van der Waals surface area contributed by atoms with E-state index in [4.69, 9.17) is 9.84 Å². The van der Waals surface area contributed by atoms with Crippen LogP contribution in [-0.4, -0.2) is 37.1 Å². The summed E-state index contributed by atoms with van der Waals surface area (Å²) in [4.78, 5) is 11.8. The van der Waals surface area contributed by atoms with E-state index in [0.29, 0.717) is 25.0 Å². The molecule has 178 valence electrons. The molecule has 3 aromatic heterocycles. The predicted octanol–water partition coefficient (Wildman–Crippen LogP) is 5.38. The Kier molecular flexibility index (Phi) is 5.80. The number of ether oxygens (including phenoxy) is 1. The van der Waals surface area contributed by atoms with Gasteiger partial charge in [-0.25, -0.2) is 0 Å². The van der Waals surface area contributed by atoms with E-state index in [2.05, 4.69) is 64.5 Å². The van der Waals surface area contributed by atoms with E-state index < -0.39 is 0 Å². The van der Waals surface area contributed by atoms with E-state index >= 15 is 0 Å². The van der Waals surface area contributed by atoms with E-state index in [1.54, 1.807) is 0 Å². The minimum Gasteiger partial charge on any atom is -0.466 e. The summed E-state index contributed by atoms with van der Waals surface area (Å²) in [7, 11) is 0. The van der Waals surface area contributed by atoms with Crippen LogP contribution in [0, 0.1) is 5.41 Å². The van der Waals surface area contributed by atoms with Gasteiger partial charge in [-0.3, -0.25) is 14.6 Å². The number of hydrogen-bond acceptors (Lipinski definition) is 4. The zero-order valence-corrected chi connectivity index (χ0v) is 20.5. The first kappa shape index (κ1) is 22.4. The van der Waals surface area contributed by atoms with E-state index in [9.17, 15) is 4.79 Å². The van der Waals surface area contributed by atoms with Crippen molar-refractivity contribution in [2.75, 3.05) is 6.61 Å². The minimum absolute atomic E-state index is 0.171. The fraction of sp³-hybridized carbons (Fsp3) is 0.444. The summed E-state index contributed by atoms with van der Waals surface area (Å²) >= 11 is 0. The number of aromatic nitrogens is 5. The third kappa shape index (κ3) is 4.04. The summed E-state index contributed by atoms with van der Waals surface area (Å²) in [6.45, 7) is 10.6. The number of rotatable bonds is 7. The van der Waals surface area contributed by atoms with Crippen molar-refractivity contribution in [1.82, 2.24) is 24.5 Å². The van der Waals surface area contributed by atoms with Crippen LogP contribution in [0.2, 0.25) is 0 Å². The maximum absolute atomic E-state index is 11.8. The monoisotopic (exact) mass is 459 g/mol. The summed E-state index contributed by atoms with van der Waals surface area (Å²) in [5.41, 5.74) is 8.10. The summed E-state index contributed by atoms with van der Waals surface area (Å²) in [5.74, 6) is -0.171. The number of H-pyrrole nitrogens is 1. The summed E-state index contributed by atoms with van der Waals surface area (Å²) in [5, 5.41) is 14.0. The lowest BCUT2D eigenvalue weighted by Crippen LogP contribution is -2.24. The number of fused-ring (bicyclic) bond motifs is 2. The Morgan fingerprint density at radius 1 is 1.24 bits per heavy atom. The second-order valence-electron chi connectivity index (χ2n) is 9.90. The molecule has 0 spiro atoms. The molecule has 0 radical (unpaired) electrons. The molecule has 0 aliphatic heterocycles. The first-order chi connectivity index (χ1) is 16.4. The molecule has 0 saturated carbocycles. The maximum atomic E-state index is 11.8. The Bertz CT molecular complexity index is 1340. The lowest BCUT2D eigenvalue weighted by Gasteiger charge is -2.30. The molecule has 5 rings (SSSR count). The highest BCUT2D eigenvalue weighted by atomic mass is 16.5. The molecule has 4 aromatic rings. The molecule has 0 saturated heterocycles. The number of aromatic amines is 1. The first-order valence-corrected chi connectivity index (χ1v) is 12.3. The predicted molar refractivity (Wildman–Crippen MR) is 133 cm³/mol. The van der Waals surface area contributed by atoms with Crippen LogP contribution in [0.15, 0.2) is 36.5 Å². The molecule has 1 N–H and O–H groups in total. The van der Waals surface area contributed by atoms with Crippen molar-refractivity contribution in [3.8, 4) is 22.6 Å². The van der Waals surface area contributed by atoms with Crippen LogP contribution >= 0.6 is 0 Å². The highest BCUT2D eigenvalue weighted by molar-refractivity contribution is 5.95. The fourth-order valence-electron chi connectivity index (χ4n) is 5.15. The van der Waals surface area contributed by atoms with Crippen LogP contribution in [-0.2, 0) is 35.5 Å². The Balaban J connectivity index is 1.47. The molecule has 1 aliphatic carbocycles. The van der Waals surface area contributed by atoms with Crippen molar-refractivity contribution in [3.63, 3.8) is 0 Å². The van der Waals surface area contributed by atoms with Gasteiger partial charge in [0.25, 0.3) is 0 Å². The zero-order chi connectivity index (χ0) is 23.9. The van der Waals surface area contributed by atoms with Gasteiger partial charge in [0.1, 0.15) is 5.69 Å². The molecule has 7 heteroatoms. The average molecular weight is 460 g/mol. The van der Waals surface area contributed by atoms with Crippen molar-refractivity contribution < 1.29 is 9.53 Å². The highest BCUT2D eigenvalue weighted by Crippen LogP contribution is 2.39. The van der Waals surface area contributed by atoms with Crippen LogP contribution in [0.25, 0.3) is 33.5 Å². The van der Waals surface area contributed by atoms with E-state index in [0.717, 1.165) is 52.9 Å². The summed E-state index contributed by atoms with van der Waals surface area (Å²) in [6.07, 6.45) is 5.66. The van der Waals surface area contributed by atoms with Gasteiger partial charge in [-0.2, -0.15) is 10.2 Å². The van der Waals surface area contributed by atoms with Gasteiger partial charge in [-0.05, 0) is 56.7 Å². The second kappa shape index (κ2) is 8.78. The molecular weight excluding hydrogens is 426 g/mol. The summed E-state index contributed by atoms with van der Waals surface area (Å²) in [6, 6.07) is 10.4. The molecule has 1 aliphatic rings. The maximum Gasteiger partial charge on any atom is 0.307 e. The standard InChI is InChI=1S/C27H33N5O2/c1-5-32-24-17-27(3,4)13-10-20(24)26(30-32)22-16-21(28-29-22)18-8-7-9-23-19(18)11-14-31(23)15-12-25(33)34-6-2/h7-9,11,14,16H,5-6,10,12-13,15,17H2,1-4H3,(H,28,29). The SMILES string of the molecule is CCOC(=O)CCn1ccc2c(-c3cc(-c4nn(CC)c5c4CCC(C)(C)C5)[nH]n3)cccc21. The van der Waals surface area contributed by atoms with Crippen LogP contribution in [0.1, 0.15) is 51.8 Å². The van der Waals surface area contributed by atoms with Crippen LogP contribution in [0.4, 0.5) is 0 Å². The largest absolute Gasteiger partial charge is 0.466 e. The van der Waals surface area contributed by atoms with Gasteiger partial charge in [0.05, 0.1) is 24.4 Å². The van der Waals surface area contributed by atoms with Gasteiger partial charge < -0.3 is 9.30 Å². The number of aryl methyl sites for hydroxylation is 2. The lowest BCUT2D eigenvalue weighted by molar-refractivity contribution is -0.143. The van der Waals surface area contributed by atoms with Crippen molar-refractivity contribution in [1.29, 1.82) is 0 Å². The van der Waals surface area contributed by atoms with Crippen LogP contribution in [0.3, 0.4) is 0 Å². The molecule has 34 heavy (non-hydrogen) atoms. The van der Waals surface area contributed by atoms with Gasteiger partial charge in [-0.15, -0.1) is 0 Å². The normalized spacial score (nSPS) is 14.9.